The fourth-order valence-corrected chi connectivity index (χ4v) is 2.53. The summed E-state index contributed by atoms with van der Waals surface area (Å²) in [6.45, 7) is 12.5. The first-order valence-corrected chi connectivity index (χ1v) is 6.43. The fourth-order valence-electron chi connectivity index (χ4n) is 2.53. The summed E-state index contributed by atoms with van der Waals surface area (Å²) in [6, 6.07) is 0. The van der Waals surface area contributed by atoms with Gasteiger partial charge in [0.1, 0.15) is 0 Å². The molecule has 0 unspecified atom stereocenters. The van der Waals surface area contributed by atoms with Crippen molar-refractivity contribution in [3.05, 3.63) is 18.2 Å². The van der Waals surface area contributed by atoms with Crippen LogP contribution in [0.5, 0.6) is 0 Å². The first-order chi connectivity index (χ1) is 8.12. The van der Waals surface area contributed by atoms with Gasteiger partial charge in [-0.3, -0.25) is 4.79 Å². The van der Waals surface area contributed by atoms with E-state index in [1.807, 2.05) is 4.90 Å². The largest absolute Gasteiger partial charge is 0.348 e. The van der Waals surface area contributed by atoms with E-state index in [2.05, 4.69) is 51.5 Å². The van der Waals surface area contributed by atoms with E-state index in [9.17, 15) is 4.79 Å². The zero-order valence-electron chi connectivity index (χ0n) is 12.4. The number of imidazole rings is 1. The van der Waals surface area contributed by atoms with Gasteiger partial charge < -0.3 is 9.88 Å². The summed E-state index contributed by atoms with van der Waals surface area (Å²) in [6.07, 6.45) is 4.63. The molecule has 1 aromatic rings. The highest BCUT2D eigenvalue weighted by molar-refractivity contribution is 5.78. The minimum atomic E-state index is -0.163. The number of rotatable bonds is 3. The molecule has 1 aromatic heterocycles. The van der Waals surface area contributed by atoms with Crippen LogP contribution in [0.4, 0.5) is 0 Å². The number of aromatic nitrogens is 2. The molecule has 0 aliphatic rings. The van der Waals surface area contributed by atoms with Gasteiger partial charge in [-0.05, 0) is 48.0 Å². The second-order valence-electron chi connectivity index (χ2n) is 6.65. The second kappa shape index (κ2) is 5.12. The number of aryl methyl sites for hydroxylation is 1. The van der Waals surface area contributed by atoms with Gasteiger partial charge in [0.15, 0.2) is 0 Å². The average Bonchev–Trinajstić information content (AvgIpc) is 2.61. The number of hydrogen-bond donors (Lipinski definition) is 1. The first-order valence-electron chi connectivity index (χ1n) is 6.43. The predicted octanol–water partition coefficient (Wildman–Crippen LogP) is 2.77. The number of nitrogens with zero attached hydrogens (tertiary/aromatic N) is 2. The molecule has 102 valence electrons. The maximum Gasteiger partial charge on any atom is 0.223 e. The second-order valence-corrected chi connectivity index (χ2v) is 6.65. The smallest absolute Gasteiger partial charge is 0.223 e. The zero-order chi connectivity index (χ0) is 14.0. The highest BCUT2D eigenvalue weighted by Crippen LogP contribution is 2.25. The number of nitrogens with one attached hydrogen (secondary N) is 1. The van der Waals surface area contributed by atoms with Crippen molar-refractivity contribution in [1.82, 2.24) is 14.9 Å². The van der Waals surface area contributed by atoms with Crippen molar-refractivity contribution in [1.29, 1.82) is 0 Å². The molecule has 1 N–H and O–H groups in total. The number of carbonyl (C=O) groups is 1. The number of H-pyrrole nitrogens is 1. The Morgan fingerprint density at radius 2 is 1.78 bits per heavy atom. The Balaban J connectivity index is 2.72. The Hall–Kier alpha value is -1.32. The average molecular weight is 251 g/mol. The predicted molar refractivity (Wildman–Crippen MR) is 73.3 cm³/mol. The van der Waals surface area contributed by atoms with Crippen molar-refractivity contribution in [3.8, 4) is 0 Å². The Morgan fingerprint density at radius 1 is 1.22 bits per heavy atom. The maximum absolute atomic E-state index is 12.4. The van der Waals surface area contributed by atoms with E-state index in [1.54, 1.807) is 12.5 Å². The summed E-state index contributed by atoms with van der Waals surface area (Å²) in [5.41, 5.74) is 0.679. The topological polar surface area (TPSA) is 49.0 Å². The van der Waals surface area contributed by atoms with Gasteiger partial charge in [-0.1, -0.05) is 0 Å². The van der Waals surface area contributed by atoms with Crippen LogP contribution in [0.1, 0.15) is 53.7 Å². The molecule has 0 atom stereocenters. The number of amides is 1. The van der Waals surface area contributed by atoms with Gasteiger partial charge in [-0.15, -0.1) is 0 Å². The molecule has 0 saturated heterocycles. The summed E-state index contributed by atoms with van der Waals surface area (Å²) in [7, 11) is 0. The monoisotopic (exact) mass is 251 g/mol. The van der Waals surface area contributed by atoms with Gasteiger partial charge >= 0.3 is 0 Å². The van der Waals surface area contributed by atoms with Crippen LogP contribution in [-0.4, -0.2) is 31.9 Å². The van der Waals surface area contributed by atoms with Gasteiger partial charge in [0.25, 0.3) is 0 Å². The summed E-state index contributed by atoms with van der Waals surface area (Å²) in [5, 5.41) is 0. The molecule has 0 spiro atoms. The van der Waals surface area contributed by atoms with Crippen molar-refractivity contribution in [2.75, 3.05) is 0 Å². The lowest BCUT2D eigenvalue weighted by molar-refractivity contribution is -0.142. The standard InChI is InChI=1S/C14H25N3O/c1-13(2,3)17(14(4,5)6)12(18)8-7-11-9-15-10-16-11/h9-10H,7-8H2,1-6H3,(H,15,16). The van der Waals surface area contributed by atoms with E-state index in [4.69, 9.17) is 0 Å². The molecule has 0 fully saturated rings. The molecule has 1 rings (SSSR count). The van der Waals surface area contributed by atoms with Crippen LogP contribution < -0.4 is 0 Å². The molecule has 4 nitrogen and oxygen atoms in total. The third-order valence-electron chi connectivity index (χ3n) is 2.75. The molecule has 18 heavy (non-hydrogen) atoms. The van der Waals surface area contributed by atoms with Gasteiger partial charge in [0.2, 0.25) is 5.91 Å². The van der Waals surface area contributed by atoms with Gasteiger partial charge in [0.05, 0.1) is 6.33 Å². The normalized spacial score (nSPS) is 12.6. The van der Waals surface area contributed by atoms with Crippen molar-refractivity contribution in [2.45, 2.75) is 65.5 Å². The molecule has 0 bridgehead atoms. The fraction of sp³-hybridized carbons (Fsp3) is 0.714. The molecule has 1 heterocycles. The molecule has 1 amide bonds. The Labute approximate surface area is 110 Å². The summed E-state index contributed by atoms with van der Waals surface area (Å²) >= 11 is 0. The Kier molecular flexibility index (Phi) is 4.20. The third kappa shape index (κ3) is 3.86. The molecule has 0 aliphatic heterocycles. The highest BCUT2D eigenvalue weighted by Gasteiger charge is 2.34. The van der Waals surface area contributed by atoms with Crippen LogP contribution in [0.25, 0.3) is 0 Å². The summed E-state index contributed by atoms with van der Waals surface area (Å²) < 4.78 is 0. The molecule has 0 radical (unpaired) electrons. The lowest BCUT2D eigenvalue weighted by atomic mass is 9.95. The first kappa shape index (κ1) is 14.7. The Bertz CT molecular complexity index is 368. The molecular weight excluding hydrogens is 226 g/mol. The number of aromatic amines is 1. The summed E-state index contributed by atoms with van der Waals surface area (Å²) in [4.78, 5) is 21.4. The highest BCUT2D eigenvalue weighted by atomic mass is 16.2. The van der Waals surface area contributed by atoms with E-state index in [0.717, 1.165) is 5.69 Å². The molecule has 0 saturated carbocycles. The minimum Gasteiger partial charge on any atom is -0.348 e. The van der Waals surface area contributed by atoms with Crippen LogP contribution in [0, 0.1) is 0 Å². The third-order valence-corrected chi connectivity index (χ3v) is 2.75. The van der Waals surface area contributed by atoms with E-state index in [-0.39, 0.29) is 17.0 Å². The van der Waals surface area contributed by atoms with E-state index >= 15 is 0 Å². The molecule has 4 heteroatoms. The van der Waals surface area contributed by atoms with Crippen LogP contribution in [-0.2, 0) is 11.2 Å². The summed E-state index contributed by atoms with van der Waals surface area (Å²) in [5.74, 6) is 0.185. The quantitative estimate of drug-likeness (QED) is 0.898. The molecular formula is C14H25N3O. The van der Waals surface area contributed by atoms with Crippen LogP contribution in [0.15, 0.2) is 12.5 Å². The van der Waals surface area contributed by atoms with Crippen molar-refractivity contribution in [2.24, 2.45) is 0 Å². The maximum atomic E-state index is 12.4. The van der Waals surface area contributed by atoms with Crippen LogP contribution >= 0.6 is 0 Å². The van der Waals surface area contributed by atoms with E-state index in [1.165, 1.54) is 0 Å². The van der Waals surface area contributed by atoms with Gasteiger partial charge in [-0.2, -0.15) is 0 Å². The lowest BCUT2D eigenvalue weighted by Crippen LogP contribution is -2.55. The zero-order valence-corrected chi connectivity index (χ0v) is 12.4. The molecule has 0 aromatic carbocycles. The SMILES string of the molecule is CC(C)(C)N(C(=O)CCc1cnc[nH]1)C(C)(C)C. The lowest BCUT2D eigenvalue weighted by Gasteiger charge is -2.45. The van der Waals surface area contributed by atoms with Crippen molar-refractivity contribution >= 4 is 5.91 Å². The number of carbonyl (C=O) groups excluding carboxylic acids is 1. The van der Waals surface area contributed by atoms with Crippen LogP contribution in [0.2, 0.25) is 0 Å². The van der Waals surface area contributed by atoms with Crippen molar-refractivity contribution in [3.63, 3.8) is 0 Å². The molecule has 0 aliphatic carbocycles. The minimum absolute atomic E-state index is 0.163. The Morgan fingerprint density at radius 3 is 2.17 bits per heavy atom. The van der Waals surface area contributed by atoms with Gasteiger partial charge in [-0.25, -0.2) is 4.98 Å². The van der Waals surface area contributed by atoms with E-state index < -0.39 is 0 Å². The number of hydrogen-bond acceptors (Lipinski definition) is 2. The van der Waals surface area contributed by atoms with Crippen LogP contribution in [0.3, 0.4) is 0 Å². The van der Waals surface area contributed by atoms with E-state index in [0.29, 0.717) is 12.8 Å². The van der Waals surface area contributed by atoms with Gasteiger partial charge in [0, 0.05) is 29.4 Å². The van der Waals surface area contributed by atoms with Crippen molar-refractivity contribution < 1.29 is 4.79 Å².